The molecule has 3 rings (SSSR count). The molecule has 1 aliphatic rings. The molecule has 2 aromatic carbocycles. The maximum atomic E-state index is 13.1. The third-order valence-corrected chi connectivity index (χ3v) is 6.88. The number of halogens is 1. The van der Waals surface area contributed by atoms with Crippen molar-refractivity contribution in [3.05, 3.63) is 53.1 Å². The maximum absolute atomic E-state index is 13.1. The van der Waals surface area contributed by atoms with E-state index in [2.05, 4.69) is 4.72 Å². The van der Waals surface area contributed by atoms with Gasteiger partial charge in [0.05, 0.1) is 24.9 Å². The van der Waals surface area contributed by atoms with Gasteiger partial charge in [0.25, 0.3) is 15.9 Å². The zero-order valence-corrected chi connectivity index (χ0v) is 19.3. The highest BCUT2D eigenvalue weighted by Gasteiger charge is 2.26. The highest BCUT2D eigenvalue weighted by Crippen LogP contribution is 2.29. The molecule has 1 N–H and O–H groups in total. The van der Waals surface area contributed by atoms with E-state index in [1.54, 1.807) is 29.2 Å². The van der Waals surface area contributed by atoms with E-state index in [0.29, 0.717) is 38.3 Å². The van der Waals surface area contributed by atoms with Crippen LogP contribution in [0.1, 0.15) is 16.8 Å². The minimum Gasteiger partial charge on any atom is -0.495 e. The first-order valence-corrected chi connectivity index (χ1v) is 11.7. The van der Waals surface area contributed by atoms with Crippen LogP contribution in [0.4, 0.5) is 10.5 Å². The summed E-state index contributed by atoms with van der Waals surface area (Å²) >= 11 is 6.17. The Labute approximate surface area is 191 Å². The van der Waals surface area contributed by atoms with Crippen molar-refractivity contribution in [1.82, 2.24) is 9.80 Å². The van der Waals surface area contributed by atoms with E-state index in [4.69, 9.17) is 21.1 Å². The summed E-state index contributed by atoms with van der Waals surface area (Å²) < 4.78 is 38.4. The zero-order chi connectivity index (χ0) is 23.3. The lowest BCUT2D eigenvalue weighted by Crippen LogP contribution is -2.37. The molecule has 32 heavy (non-hydrogen) atoms. The molecule has 1 heterocycles. The van der Waals surface area contributed by atoms with Gasteiger partial charge < -0.3 is 19.3 Å². The molecule has 0 aromatic heterocycles. The number of nitrogens with one attached hydrogen (secondary N) is 1. The number of carbonyl (C=O) groups excluding carboxylic acids is 2. The Morgan fingerprint density at radius 3 is 2.41 bits per heavy atom. The molecule has 2 aromatic rings. The van der Waals surface area contributed by atoms with Crippen LogP contribution in [0.5, 0.6) is 5.75 Å². The van der Waals surface area contributed by atoms with Gasteiger partial charge in [-0.15, -0.1) is 0 Å². The zero-order valence-electron chi connectivity index (χ0n) is 17.7. The van der Waals surface area contributed by atoms with E-state index >= 15 is 0 Å². The Balaban J connectivity index is 1.83. The van der Waals surface area contributed by atoms with Crippen LogP contribution in [0.3, 0.4) is 0 Å². The summed E-state index contributed by atoms with van der Waals surface area (Å²) in [5.74, 6) is 0.00118. The van der Waals surface area contributed by atoms with Gasteiger partial charge in [0.1, 0.15) is 10.6 Å². The number of carbonyl (C=O) groups is 2. The number of ether oxygens (including phenoxy) is 2. The quantitative estimate of drug-likeness (QED) is 0.703. The number of amides is 2. The minimum atomic E-state index is -4.10. The highest BCUT2D eigenvalue weighted by atomic mass is 35.5. The van der Waals surface area contributed by atoms with Crippen LogP contribution >= 0.6 is 11.6 Å². The molecule has 2 amide bonds. The lowest BCUT2D eigenvalue weighted by Gasteiger charge is -2.22. The van der Waals surface area contributed by atoms with E-state index < -0.39 is 16.1 Å². The molecule has 9 nitrogen and oxygen atoms in total. The molecule has 0 aliphatic carbocycles. The van der Waals surface area contributed by atoms with Gasteiger partial charge in [0, 0.05) is 31.7 Å². The lowest BCUT2D eigenvalue weighted by atomic mass is 10.2. The summed E-state index contributed by atoms with van der Waals surface area (Å²) in [4.78, 5) is 27.7. The van der Waals surface area contributed by atoms with Crippen molar-refractivity contribution in [2.45, 2.75) is 11.3 Å². The second-order valence-corrected chi connectivity index (χ2v) is 9.11. The molecule has 11 heteroatoms. The summed E-state index contributed by atoms with van der Waals surface area (Å²) in [6, 6.07) is 10.7. The largest absolute Gasteiger partial charge is 0.495 e. The van der Waals surface area contributed by atoms with Crippen molar-refractivity contribution < 1.29 is 27.5 Å². The summed E-state index contributed by atoms with van der Waals surface area (Å²) in [5, 5.41) is -0.0170. The Morgan fingerprint density at radius 2 is 1.69 bits per heavy atom. The van der Waals surface area contributed by atoms with Crippen LogP contribution in [-0.2, 0) is 14.8 Å². The van der Waals surface area contributed by atoms with Crippen molar-refractivity contribution in [3.63, 3.8) is 0 Å². The van der Waals surface area contributed by atoms with Crippen LogP contribution in [-0.4, -0.2) is 70.6 Å². The van der Waals surface area contributed by atoms with Crippen LogP contribution in [0.2, 0.25) is 5.02 Å². The Kier molecular flexibility index (Phi) is 7.47. The number of sulfonamides is 1. The molecule has 0 spiro atoms. The predicted octanol–water partition coefficient (Wildman–Crippen LogP) is 3.06. The first-order valence-electron chi connectivity index (χ1n) is 9.84. The lowest BCUT2D eigenvalue weighted by molar-refractivity contribution is 0.0757. The number of anilines is 1. The number of benzene rings is 2. The van der Waals surface area contributed by atoms with Crippen molar-refractivity contribution in [3.8, 4) is 5.75 Å². The van der Waals surface area contributed by atoms with Crippen LogP contribution in [0.15, 0.2) is 47.4 Å². The van der Waals surface area contributed by atoms with Gasteiger partial charge in [-0.2, -0.15) is 0 Å². The van der Waals surface area contributed by atoms with Crippen molar-refractivity contribution >= 4 is 39.3 Å². The average Bonchev–Trinajstić information content (AvgIpc) is 3.04. The van der Waals surface area contributed by atoms with E-state index in [0.717, 1.165) is 0 Å². The van der Waals surface area contributed by atoms with Gasteiger partial charge in [-0.05, 0) is 36.8 Å². The third kappa shape index (κ3) is 5.25. The summed E-state index contributed by atoms with van der Waals surface area (Å²) in [7, 11) is -1.35. The number of hydrogen-bond donors (Lipinski definition) is 1. The number of methoxy groups -OCH3 is 2. The SMILES string of the molecule is COC(=O)N1CCCN(C(=O)c2ccc(Cl)c(S(=O)(=O)Nc3ccccc3OC)c2)CC1. The molecule has 172 valence electrons. The van der Waals surface area contributed by atoms with Crippen LogP contribution in [0.25, 0.3) is 0 Å². The molecular weight excluding hydrogens is 458 g/mol. The van der Waals surface area contributed by atoms with Gasteiger partial charge in [0.15, 0.2) is 0 Å². The fourth-order valence-corrected chi connectivity index (χ4v) is 4.98. The highest BCUT2D eigenvalue weighted by molar-refractivity contribution is 7.92. The molecule has 0 bridgehead atoms. The van der Waals surface area contributed by atoms with E-state index in [9.17, 15) is 18.0 Å². The average molecular weight is 482 g/mol. The van der Waals surface area contributed by atoms with E-state index in [-0.39, 0.29) is 27.1 Å². The Bertz CT molecular complexity index is 1110. The number of rotatable bonds is 5. The third-order valence-electron chi connectivity index (χ3n) is 5.03. The molecule has 1 fully saturated rings. The first-order chi connectivity index (χ1) is 15.3. The van der Waals surface area contributed by atoms with Gasteiger partial charge in [0.2, 0.25) is 0 Å². The van der Waals surface area contributed by atoms with Gasteiger partial charge in [-0.3, -0.25) is 9.52 Å². The predicted molar refractivity (Wildman–Crippen MR) is 120 cm³/mol. The number of nitrogens with zero attached hydrogens (tertiary/aromatic N) is 2. The monoisotopic (exact) mass is 481 g/mol. The molecule has 1 saturated heterocycles. The van der Waals surface area contributed by atoms with Crippen LogP contribution < -0.4 is 9.46 Å². The summed E-state index contributed by atoms with van der Waals surface area (Å²) in [6.07, 6.45) is 0.135. The van der Waals surface area contributed by atoms with Crippen molar-refractivity contribution in [2.24, 2.45) is 0 Å². The topological polar surface area (TPSA) is 105 Å². The molecular formula is C21H24ClN3O6S. The minimum absolute atomic E-state index is 0.0170. The van der Waals surface area contributed by atoms with Crippen molar-refractivity contribution in [1.29, 1.82) is 0 Å². The second kappa shape index (κ2) is 10.1. The van der Waals surface area contributed by atoms with E-state index in [1.165, 1.54) is 37.3 Å². The summed E-state index contributed by atoms with van der Waals surface area (Å²) in [5.41, 5.74) is 0.430. The second-order valence-electron chi connectivity index (χ2n) is 7.05. The normalized spacial score (nSPS) is 14.5. The first kappa shape index (κ1) is 23.7. The molecule has 0 unspecified atom stereocenters. The number of para-hydroxylation sites is 2. The van der Waals surface area contributed by atoms with Gasteiger partial charge >= 0.3 is 6.09 Å². The summed E-state index contributed by atoms with van der Waals surface area (Å²) in [6.45, 7) is 1.53. The fraction of sp³-hybridized carbons (Fsp3) is 0.333. The number of hydrogen-bond acceptors (Lipinski definition) is 6. The van der Waals surface area contributed by atoms with Gasteiger partial charge in [-0.1, -0.05) is 23.7 Å². The van der Waals surface area contributed by atoms with Crippen molar-refractivity contribution in [2.75, 3.05) is 45.1 Å². The maximum Gasteiger partial charge on any atom is 0.409 e. The van der Waals surface area contributed by atoms with E-state index in [1.807, 2.05) is 0 Å². The smallest absolute Gasteiger partial charge is 0.409 e. The standard InChI is InChI=1S/C21H24ClN3O6S/c1-30-18-7-4-3-6-17(18)23-32(28,29)19-14-15(8-9-16(19)22)20(26)24-10-5-11-25(13-12-24)21(27)31-2/h3-4,6-9,14,23H,5,10-13H2,1-2H3. The van der Waals surface area contributed by atoms with Gasteiger partial charge in [-0.25, -0.2) is 13.2 Å². The Morgan fingerprint density at radius 1 is 1.00 bits per heavy atom. The Hall–Kier alpha value is -2.98. The molecule has 0 radical (unpaired) electrons. The molecule has 1 aliphatic heterocycles. The molecule has 0 atom stereocenters. The molecule has 0 saturated carbocycles. The fourth-order valence-electron chi connectivity index (χ4n) is 3.39. The van der Waals surface area contributed by atoms with Crippen LogP contribution in [0, 0.1) is 0 Å².